The number of carbonyl (C=O) groups excluding carboxylic acids is 2. The Balaban J connectivity index is 1.64. The minimum Gasteiger partial charge on any atom is -0.507 e. The fraction of sp³-hybridized carbons (Fsp3) is 0.333. The van der Waals surface area contributed by atoms with Crippen molar-refractivity contribution in [2.75, 3.05) is 6.54 Å². The number of carbonyl (C=O) groups is 2. The zero-order valence-electron chi connectivity index (χ0n) is 22.4. The number of hydrogen-bond acceptors (Lipinski definition) is 5. The molecule has 3 rings (SSSR count). The van der Waals surface area contributed by atoms with Crippen LogP contribution in [0.25, 0.3) is 11.1 Å². The largest absolute Gasteiger partial charge is 0.507 e. The predicted molar refractivity (Wildman–Crippen MR) is 141 cm³/mol. The maximum absolute atomic E-state index is 14.2. The molecule has 202 valence electrons. The zero-order valence-corrected chi connectivity index (χ0v) is 22.4. The van der Waals surface area contributed by atoms with E-state index in [0.717, 1.165) is 17.7 Å². The summed E-state index contributed by atoms with van der Waals surface area (Å²) in [5.41, 5.74) is -0.460. The molecule has 2 N–H and O–H groups in total. The lowest BCUT2D eigenvalue weighted by molar-refractivity contribution is -0.170. The number of esters is 1. The predicted octanol–water partition coefficient (Wildman–Crippen LogP) is 6.37. The zero-order chi connectivity index (χ0) is 28.3. The highest BCUT2D eigenvalue weighted by Gasteiger charge is 2.34. The molecule has 38 heavy (non-hydrogen) atoms. The average Bonchev–Trinajstić information content (AvgIpc) is 2.82. The van der Waals surface area contributed by atoms with E-state index in [4.69, 9.17) is 9.47 Å². The quantitative estimate of drug-likeness (QED) is 0.334. The Labute approximate surface area is 221 Å². The van der Waals surface area contributed by atoms with Crippen molar-refractivity contribution >= 4 is 11.9 Å². The van der Waals surface area contributed by atoms with Crippen molar-refractivity contribution in [2.45, 2.75) is 58.7 Å². The summed E-state index contributed by atoms with van der Waals surface area (Å²) in [5, 5.41) is 13.0. The molecule has 0 fully saturated rings. The van der Waals surface area contributed by atoms with Gasteiger partial charge in [-0.3, -0.25) is 4.79 Å². The first-order valence-electron chi connectivity index (χ1n) is 12.3. The monoisotopic (exact) mass is 525 g/mol. The van der Waals surface area contributed by atoms with Gasteiger partial charge < -0.3 is 19.9 Å². The molecule has 6 nitrogen and oxygen atoms in total. The van der Waals surface area contributed by atoms with Gasteiger partial charge in [-0.15, -0.1) is 0 Å². The van der Waals surface area contributed by atoms with Crippen molar-refractivity contribution in [3.05, 3.63) is 83.4 Å². The summed E-state index contributed by atoms with van der Waals surface area (Å²) in [5.74, 6) is -2.32. The third kappa shape index (κ3) is 7.31. The number of hydrogen-bond donors (Lipinski definition) is 2. The van der Waals surface area contributed by atoms with Crippen molar-refractivity contribution in [1.82, 2.24) is 5.32 Å². The molecule has 0 radical (unpaired) electrons. The van der Waals surface area contributed by atoms with Crippen molar-refractivity contribution in [2.24, 2.45) is 0 Å². The minimum atomic E-state index is -1.18. The number of benzene rings is 3. The Morgan fingerprint density at radius 3 is 2.21 bits per heavy atom. The maximum Gasteiger partial charge on any atom is 0.350 e. The van der Waals surface area contributed by atoms with Gasteiger partial charge in [-0.2, -0.15) is 0 Å². The van der Waals surface area contributed by atoms with Crippen LogP contribution in [-0.4, -0.2) is 34.7 Å². The van der Waals surface area contributed by atoms with Crippen LogP contribution in [0.3, 0.4) is 0 Å². The lowest BCUT2D eigenvalue weighted by Crippen LogP contribution is -2.43. The van der Waals surface area contributed by atoms with Crippen molar-refractivity contribution < 1.29 is 33.0 Å². The van der Waals surface area contributed by atoms with Gasteiger partial charge in [0.15, 0.2) is 5.60 Å². The highest BCUT2D eigenvalue weighted by molar-refractivity contribution is 5.98. The molecule has 0 aromatic heterocycles. The summed E-state index contributed by atoms with van der Waals surface area (Å²) in [6, 6.07) is 14.5. The molecule has 0 bridgehead atoms. The normalized spacial score (nSPS) is 12.5. The van der Waals surface area contributed by atoms with E-state index in [1.165, 1.54) is 24.3 Å². The molecule has 0 aliphatic carbocycles. The Morgan fingerprint density at radius 2 is 1.61 bits per heavy atom. The number of nitrogens with one attached hydrogen (secondary N) is 1. The van der Waals surface area contributed by atoms with E-state index < -0.39 is 34.7 Å². The van der Waals surface area contributed by atoms with Crippen LogP contribution in [0.5, 0.6) is 11.5 Å². The highest BCUT2D eigenvalue weighted by atomic mass is 19.1. The summed E-state index contributed by atoms with van der Waals surface area (Å²) in [6.45, 7) is 10.8. The van der Waals surface area contributed by atoms with Gasteiger partial charge >= 0.3 is 5.97 Å². The Bertz CT molecular complexity index is 1310. The number of amides is 1. The van der Waals surface area contributed by atoms with Crippen LogP contribution in [0.1, 0.15) is 63.4 Å². The molecule has 0 aliphatic heterocycles. The molecule has 0 heterocycles. The number of aromatic hydroxyl groups is 1. The minimum absolute atomic E-state index is 0.0217. The standard InChI is InChI=1S/C30H33F2NO5/c1-18(19-7-11-22(12-8-19)37-30(5,6)28(36)38-29(2,3)4)17-33-27(35)24-15-20(9-14-26(24)34)23-13-10-21(31)16-25(23)32/h7-16,18,34H,17H2,1-6H3,(H,33,35). The van der Waals surface area contributed by atoms with E-state index in [0.29, 0.717) is 11.3 Å². The van der Waals surface area contributed by atoms with Gasteiger partial charge in [0.05, 0.1) is 5.56 Å². The van der Waals surface area contributed by atoms with Crippen LogP contribution in [-0.2, 0) is 9.53 Å². The number of rotatable bonds is 8. The summed E-state index contributed by atoms with van der Waals surface area (Å²) < 4.78 is 38.7. The highest BCUT2D eigenvalue weighted by Crippen LogP contribution is 2.29. The summed E-state index contributed by atoms with van der Waals surface area (Å²) >= 11 is 0. The molecule has 3 aromatic carbocycles. The summed E-state index contributed by atoms with van der Waals surface area (Å²) in [7, 11) is 0. The molecule has 1 atom stereocenters. The molecule has 1 unspecified atom stereocenters. The van der Waals surface area contributed by atoms with E-state index in [9.17, 15) is 23.5 Å². The first kappa shape index (κ1) is 28.6. The van der Waals surface area contributed by atoms with E-state index in [1.54, 1.807) is 46.8 Å². The SMILES string of the molecule is CC(CNC(=O)c1cc(-c2ccc(F)cc2F)ccc1O)c1ccc(OC(C)(C)C(=O)OC(C)(C)C)cc1. The maximum atomic E-state index is 14.2. The smallest absolute Gasteiger partial charge is 0.350 e. The van der Waals surface area contributed by atoms with Crippen LogP contribution in [0.15, 0.2) is 60.7 Å². The van der Waals surface area contributed by atoms with Crippen LogP contribution >= 0.6 is 0 Å². The van der Waals surface area contributed by atoms with Crippen molar-refractivity contribution in [3.8, 4) is 22.6 Å². The molecular formula is C30H33F2NO5. The van der Waals surface area contributed by atoms with Gasteiger partial charge in [0, 0.05) is 18.2 Å². The van der Waals surface area contributed by atoms with Gasteiger partial charge in [-0.25, -0.2) is 13.6 Å². The van der Waals surface area contributed by atoms with E-state index >= 15 is 0 Å². The van der Waals surface area contributed by atoms with Gasteiger partial charge in [0.1, 0.15) is 28.7 Å². The third-order valence-electron chi connectivity index (χ3n) is 5.76. The van der Waals surface area contributed by atoms with Crippen LogP contribution in [0.4, 0.5) is 8.78 Å². The number of phenols is 1. The Hall–Kier alpha value is -3.94. The van der Waals surface area contributed by atoms with Gasteiger partial charge in [-0.1, -0.05) is 25.1 Å². The molecule has 1 amide bonds. The van der Waals surface area contributed by atoms with E-state index in [1.807, 2.05) is 19.1 Å². The van der Waals surface area contributed by atoms with Crippen LogP contribution in [0, 0.1) is 11.6 Å². The second-order valence-electron chi connectivity index (χ2n) is 10.7. The number of halogens is 2. The van der Waals surface area contributed by atoms with Gasteiger partial charge in [-0.05, 0) is 88.1 Å². The molecule has 0 aliphatic rings. The fourth-order valence-electron chi connectivity index (χ4n) is 3.67. The summed E-state index contributed by atoms with van der Waals surface area (Å²) in [4.78, 5) is 25.3. The van der Waals surface area contributed by atoms with E-state index in [2.05, 4.69) is 5.32 Å². The average molecular weight is 526 g/mol. The first-order valence-corrected chi connectivity index (χ1v) is 12.3. The topological polar surface area (TPSA) is 84.9 Å². The third-order valence-corrected chi connectivity index (χ3v) is 5.76. The molecule has 0 saturated heterocycles. The Morgan fingerprint density at radius 1 is 0.947 bits per heavy atom. The summed E-state index contributed by atoms with van der Waals surface area (Å²) in [6.07, 6.45) is 0. The van der Waals surface area contributed by atoms with Crippen molar-refractivity contribution in [1.29, 1.82) is 0 Å². The van der Waals surface area contributed by atoms with Crippen LogP contribution in [0.2, 0.25) is 0 Å². The van der Waals surface area contributed by atoms with Crippen LogP contribution < -0.4 is 10.1 Å². The van der Waals surface area contributed by atoms with E-state index in [-0.39, 0.29) is 29.3 Å². The molecule has 0 spiro atoms. The second-order valence-corrected chi connectivity index (χ2v) is 10.7. The second kappa shape index (κ2) is 11.2. The van der Waals surface area contributed by atoms with Crippen molar-refractivity contribution in [3.63, 3.8) is 0 Å². The van der Waals surface area contributed by atoms with Gasteiger partial charge in [0.2, 0.25) is 0 Å². The number of ether oxygens (including phenoxy) is 2. The van der Waals surface area contributed by atoms with Gasteiger partial charge in [0.25, 0.3) is 5.91 Å². The molecule has 0 saturated carbocycles. The fourth-order valence-corrected chi connectivity index (χ4v) is 3.67. The molecule has 8 heteroatoms. The lowest BCUT2D eigenvalue weighted by Gasteiger charge is -2.29. The molecule has 3 aromatic rings. The Kier molecular flexibility index (Phi) is 8.44. The number of phenolic OH excluding ortho intramolecular Hbond substituents is 1. The lowest BCUT2D eigenvalue weighted by atomic mass is 9.99. The first-order chi connectivity index (χ1) is 17.7. The molecular weight excluding hydrogens is 492 g/mol.